The number of methoxy groups -OCH3 is 1. The van der Waals surface area contributed by atoms with Crippen molar-refractivity contribution in [2.45, 2.75) is 37.6 Å². The summed E-state index contributed by atoms with van der Waals surface area (Å²) < 4.78 is 5.22. The summed E-state index contributed by atoms with van der Waals surface area (Å²) in [6, 6.07) is 25.6. The summed E-state index contributed by atoms with van der Waals surface area (Å²) >= 11 is 0. The highest BCUT2D eigenvalue weighted by atomic mass is 16.5. The molecule has 0 saturated heterocycles. The Morgan fingerprint density at radius 2 is 1.79 bits per heavy atom. The van der Waals surface area contributed by atoms with Crippen molar-refractivity contribution < 1.29 is 9.53 Å². The molecule has 2 bridgehead atoms. The van der Waals surface area contributed by atoms with Gasteiger partial charge >= 0.3 is 0 Å². The van der Waals surface area contributed by atoms with Crippen molar-refractivity contribution in [2.75, 3.05) is 19.0 Å². The summed E-state index contributed by atoms with van der Waals surface area (Å²) in [7, 11) is 1.67. The molecule has 1 aliphatic heterocycles. The molecule has 2 saturated carbocycles. The first-order valence-corrected chi connectivity index (χ1v) is 12.6. The van der Waals surface area contributed by atoms with E-state index in [9.17, 15) is 4.79 Å². The fourth-order valence-corrected chi connectivity index (χ4v) is 6.83. The summed E-state index contributed by atoms with van der Waals surface area (Å²) in [6.45, 7) is 0.618. The first-order chi connectivity index (χ1) is 16.7. The van der Waals surface area contributed by atoms with Crippen LogP contribution in [0.1, 0.15) is 58.3 Å². The normalized spacial score (nSPS) is 26.3. The second-order valence-electron chi connectivity index (χ2n) is 10.1. The third kappa shape index (κ3) is 3.75. The SMILES string of the molecule is COc1ccc(CCNC(=O)c2ccc3c(c2)[C@@H]2[C@H]4CC[C@@H](C4)[C@@H]2[C@@H](c2ccccc2)N3)cc1. The number of hydrogen-bond donors (Lipinski definition) is 2. The van der Waals surface area contributed by atoms with Crippen LogP contribution >= 0.6 is 0 Å². The van der Waals surface area contributed by atoms with E-state index in [2.05, 4.69) is 53.1 Å². The molecule has 3 aromatic carbocycles. The van der Waals surface area contributed by atoms with E-state index >= 15 is 0 Å². The fourth-order valence-electron chi connectivity index (χ4n) is 6.83. The number of fused-ring (bicyclic) bond motifs is 7. The van der Waals surface area contributed by atoms with Crippen LogP contribution in [0.25, 0.3) is 0 Å². The van der Waals surface area contributed by atoms with Crippen molar-refractivity contribution in [3.63, 3.8) is 0 Å². The third-order valence-electron chi connectivity index (χ3n) is 8.37. The molecule has 0 radical (unpaired) electrons. The number of benzene rings is 3. The smallest absolute Gasteiger partial charge is 0.251 e. The van der Waals surface area contributed by atoms with Gasteiger partial charge in [0, 0.05) is 17.8 Å². The maximum absolute atomic E-state index is 13.0. The minimum Gasteiger partial charge on any atom is -0.497 e. The van der Waals surface area contributed by atoms with Gasteiger partial charge in [0.25, 0.3) is 5.91 Å². The van der Waals surface area contributed by atoms with Crippen LogP contribution in [0.3, 0.4) is 0 Å². The molecular formula is C30H32N2O2. The predicted molar refractivity (Wildman–Crippen MR) is 135 cm³/mol. The Kier molecular flexibility index (Phi) is 5.52. The molecule has 2 fully saturated rings. The van der Waals surface area contributed by atoms with E-state index in [0.717, 1.165) is 29.6 Å². The van der Waals surface area contributed by atoms with E-state index in [-0.39, 0.29) is 5.91 Å². The fraction of sp³-hybridized carbons (Fsp3) is 0.367. The maximum Gasteiger partial charge on any atom is 0.251 e. The minimum absolute atomic E-state index is 0.0150. The van der Waals surface area contributed by atoms with Crippen LogP contribution in [0.2, 0.25) is 0 Å². The molecule has 174 valence electrons. The number of carbonyl (C=O) groups excluding carboxylic acids is 1. The zero-order valence-corrected chi connectivity index (χ0v) is 19.7. The number of amides is 1. The van der Waals surface area contributed by atoms with Gasteiger partial charge in [-0.05, 0) is 96.4 Å². The Bertz CT molecular complexity index is 1170. The first kappa shape index (κ1) is 21.3. The Hall–Kier alpha value is -3.27. The number of hydrogen-bond acceptors (Lipinski definition) is 3. The van der Waals surface area contributed by atoms with Crippen molar-refractivity contribution >= 4 is 11.6 Å². The molecule has 0 aromatic heterocycles. The Morgan fingerprint density at radius 1 is 1.00 bits per heavy atom. The lowest BCUT2D eigenvalue weighted by molar-refractivity contribution is 0.0954. The third-order valence-corrected chi connectivity index (χ3v) is 8.37. The molecule has 1 amide bonds. The average Bonchev–Trinajstić information content (AvgIpc) is 3.52. The van der Waals surface area contributed by atoms with E-state index in [1.54, 1.807) is 7.11 Å². The summed E-state index contributed by atoms with van der Waals surface area (Å²) in [5.41, 5.74) is 5.91. The van der Waals surface area contributed by atoms with Gasteiger partial charge in [-0.2, -0.15) is 0 Å². The van der Waals surface area contributed by atoms with Gasteiger partial charge in [-0.3, -0.25) is 4.79 Å². The molecular weight excluding hydrogens is 420 g/mol. The quantitative estimate of drug-likeness (QED) is 0.485. The number of carbonyl (C=O) groups is 1. The molecule has 0 spiro atoms. The highest BCUT2D eigenvalue weighted by Crippen LogP contribution is 2.63. The number of anilines is 1. The highest BCUT2D eigenvalue weighted by Gasteiger charge is 2.53. The Morgan fingerprint density at radius 3 is 2.59 bits per heavy atom. The van der Waals surface area contributed by atoms with Gasteiger partial charge in [0.2, 0.25) is 0 Å². The van der Waals surface area contributed by atoms with Gasteiger partial charge < -0.3 is 15.4 Å². The van der Waals surface area contributed by atoms with Crippen molar-refractivity contribution in [3.8, 4) is 5.75 Å². The lowest BCUT2D eigenvalue weighted by Gasteiger charge is -2.43. The molecule has 3 aromatic rings. The number of nitrogens with one attached hydrogen (secondary N) is 2. The molecule has 2 aliphatic carbocycles. The van der Waals surface area contributed by atoms with E-state index < -0.39 is 0 Å². The summed E-state index contributed by atoms with van der Waals surface area (Å²) in [5.74, 6) is 3.55. The Labute approximate surface area is 201 Å². The minimum atomic E-state index is 0.0150. The molecule has 0 unspecified atom stereocenters. The van der Waals surface area contributed by atoms with Crippen molar-refractivity contribution in [1.82, 2.24) is 5.32 Å². The van der Waals surface area contributed by atoms with Crippen LogP contribution in [0, 0.1) is 17.8 Å². The largest absolute Gasteiger partial charge is 0.497 e. The molecule has 34 heavy (non-hydrogen) atoms. The topological polar surface area (TPSA) is 50.4 Å². The first-order valence-electron chi connectivity index (χ1n) is 12.6. The van der Waals surface area contributed by atoms with Gasteiger partial charge in [0.05, 0.1) is 13.2 Å². The standard InChI is InChI=1S/C30H32N2O2/c1-34-24-12-7-19(8-13-24)15-16-31-30(33)23-11-14-26-25(18-23)27-21-9-10-22(17-21)28(27)29(32-26)20-5-3-2-4-6-20/h2-8,11-14,18,21-22,27-29,32H,9-10,15-17H2,1H3,(H,31,33)/t21-,22-,27-,28-,29+/m0/s1. The van der Waals surface area contributed by atoms with Crippen LogP contribution in [0.4, 0.5) is 5.69 Å². The summed E-state index contributed by atoms with van der Waals surface area (Å²) in [4.78, 5) is 13.0. The average molecular weight is 453 g/mol. The lowest BCUT2D eigenvalue weighted by atomic mass is 9.68. The zero-order chi connectivity index (χ0) is 23.1. The van der Waals surface area contributed by atoms with Crippen LogP contribution < -0.4 is 15.4 Å². The van der Waals surface area contributed by atoms with Gasteiger partial charge in [0.15, 0.2) is 0 Å². The molecule has 4 nitrogen and oxygen atoms in total. The van der Waals surface area contributed by atoms with Gasteiger partial charge in [-0.25, -0.2) is 0 Å². The van der Waals surface area contributed by atoms with Crippen LogP contribution in [-0.2, 0) is 6.42 Å². The number of ether oxygens (including phenoxy) is 1. The molecule has 1 heterocycles. The molecule has 4 heteroatoms. The maximum atomic E-state index is 13.0. The number of rotatable bonds is 6. The van der Waals surface area contributed by atoms with Gasteiger partial charge in [0.1, 0.15) is 5.75 Å². The van der Waals surface area contributed by atoms with Crippen molar-refractivity contribution in [1.29, 1.82) is 0 Å². The van der Waals surface area contributed by atoms with E-state index in [1.165, 1.54) is 41.6 Å². The molecule has 2 N–H and O–H groups in total. The van der Waals surface area contributed by atoms with Crippen molar-refractivity contribution in [3.05, 3.63) is 95.1 Å². The van der Waals surface area contributed by atoms with E-state index in [0.29, 0.717) is 24.4 Å². The second kappa shape index (κ2) is 8.83. The van der Waals surface area contributed by atoms with Crippen LogP contribution in [0.15, 0.2) is 72.8 Å². The van der Waals surface area contributed by atoms with E-state index in [4.69, 9.17) is 4.74 Å². The van der Waals surface area contributed by atoms with Crippen LogP contribution in [0.5, 0.6) is 5.75 Å². The second-order valence-corrected chi connectivity index (χ2v) is 10.1. The molecule has 6 rings (SSSR count). The van der Waals surface area contributed by atoms with E-state index in [1.807, 2.05) is 30.3 Å². The molecule has 3 aliphatic rings. The summed E-state index contributed by atoms with van der Waals surface area (Å²) in [6.07, 6.45) is 4.80. The van der Waals surface area contributed by atoms with Gasteiger partial charge in [-0.1, -0.05) is 42.5 Å². The monoisotopic (exact) mass is 452 g/mol. The lowest BCUT2D eigenvalue weighted by Crippen LogP contribution is -2.35. The highest BCUT2D eigenvalue weighted by molar-refractivity contribution is 5.95. The zero-order valence-electron chi connectivity index (χ0n) is 19.7. The van der Waals surface area contributed by atoms with Gasteiger partial charge in [-0.15, -0.1) is 0 Å². The van der Waals surface area contributed by atoms with Crippen LogP contribution in [-0.4, -0.2) is 19.6 Å². The Balaban J connectivity index is 1.20. The summed E-state index contributed by atoms with van der Waals surface area (Å²) in [5, 5.41) is 6.99. The van der Waals surface area contributed by atoms with Crippen molar-refractivity contribution in [2.24, 2.45) is 17.8 Å². The predicted octanol–water partition coefficient (Wildman–Crippen LogP) is 5.96. The molecule has 5 atom stereocenters.